The van der Waals surface area contributed by atoms with Gasteiger partial charge in [-0.05, 0) is 31.0 Å². The molecule has 0 saturated carbocycles. The molecule has 5 nitrogen and oxygen atoms in total. The zero-order valence-electron chi connectivity index (χ0n) is 14.9. The molecule has 2 fully saturated rings. The van der Waals surface area contributed by atoms with E-state index in [9.17, 15) is 18.4 Å². The molecule has 0 aliphatic carbocycles. The van der Waals surface area contributed by atoms with Crippen LogP contribution in [-0.4, -0.2) is 72.3 Å². The molecule has 0 spiro atoms. The van der Waals surface area contributed by atoms with Crippen LogP contribution in [0.15, 0.2) is 18.2 Å². The van der Waals surface area contributed by atoms with Crippen LogP contribution in [0.2, 0.25) is 0 Å². The van der Waals surface area contributed by atoms with Crippen LogP contribution in [0, 0.1) is 11.6 Å². The van der Waals surface area contributed by atoms with Crippen molar-refractivity contribution in [2.24, 2.45) is 0 Å². The Hall–Kier alpha value is -2.02. The number of hydrogen-bond acceptors (Lipinski definition) is 3. The summed E-state index contributed by atoms with van der Waals surface area (Å²) in [5, 5.41) is 0. The van der Waals surface area contributed by atoms with Gasteiger partial charge in [0.2, 0.25) is 5.91 Å². The first-order valence-corrected chi connectivity index (χ1v) is 9.29. The molecule has 2 amide bonds. The molecule has 0 aromatic heterocycles. The van der Waals surface area contributed by atoms with Crippen LogP contribution in [-0.2, 0) is 4.79 Å². The second kappa shape index (κ2) is 8.58. The molecule has 0 radical (unpaired) electrons. The monoisotopic (exact) mass is 365 g/mol. The van der Waals surface area contributed by atoms with E-state index in [0.717, 1.165) is 38.1 Å². The van der Waals surface area contributed by atoms with Gasteiger partial charge in [0.1, 0.15) is 0 Å². The van der Waals surface area contributed by atoms with E-state index < -0.39 is 11.6 Å². The lowest BCUT2D eigenvalue weighted by atomic mass is 10.1. The molecule has 0 bridgehead atoms. The van der Waals surface area contributed by atoms with Crippen molar-refractivity contribution in [2.45, 2.75) is 25.7 Å². The van der Waals surface area contributed by atoms with Crippen molar-refractivity contribution < 1.29 is 18.4 Å². The quantitative estimate of drug-likeness (QED) is 0.824. The van der Waals surface area contributed by atoms with Crippen LogP contribution in [0.3, 0.4) is 0 Å². The summed E-state index contributed by atoms with van der Waals surface area (Å²) < 4.78 is 26.3. The second-order valence-corrected chi connectivity index (χ2v) is 6.99. The molecule has 0 atom stereocenters. The standard InChI is InChI=1S/C19H25F2N3O2/c20-16-6-5-15(13-17(16)21)19(26)24-11-9-22(10-12-24)14-18(25)23-7-3-1-2-4-8-23/h5-6,13H,1-4,7-12,14H2. The summed E-state index contributed by atoms with van der Waals surface area (Å²) in [7, 11) is 0. The number of nitrogens with zero attached hydrogens (tertiary/aromatic N) is 3. The van der Waals surface area contributed by atoms with Crippen LogP contribution in [0.1, 0.15) is 36.0 Å². The fourth-order valence-corrected chi connectivity index (χ4v) is 3.53. The third kappa shape index (κ3) is 4.58. The minimum Gasteiger partial charge on any atom is -0.342 e. The summed E-state index contributed by atoms with van der Waals surface area (Å²) in [6.07, 6.45) is 4.52. The Bertz CT molecular complexity index is 652. The number of carbonyl (C=O) groups excluding carboxylic acids is 2. The molecule has 1 aromatic carbocycles. The molecule has 2 aliphatic rings. The third-order valence-electron chi connectivity index (χ3n) is 5.14. The first-order valence-electron chi connectivity index (χ1n) is 9.29. The second-order valence-electron chi connectivity index (χ2n) is 6.99. The molecule has 0 unspecified atom stereocenters. The van der Waals surface area contributed by atoms with E-state index in [0.29, 0.717) is 32.7 Å². The van der Waals surface area contributed by atoms with E-state index in [2.05, 4.69) is 4.90 Å². The smallest absolute Gasteiger partial charge is 0.254 e. The highest BCUT2D eigenvalue weighted by Gasteiger charge is 2.25. The van der Waals surface area contributed by atoms with Crippen molar-refractivity contribution in [3.8, 4) is 0 Å². The Morgan fingerprint density at radius 3 is 2.08 bits per heavy atom. The van der Waals surface area contributed by atoms with Crippen molar-refractivity contribution in [1.82, 2.24) is 14.7 Å². The predicted octanol–water partition coefficient (Wildman–Crippen LogP) is 2.13. The van der Waals surface area contributed by atoms with Crippen LogP contribution in [0.25, 0.3) is 0 Å². The fourth-order valence-electron chi connectivity index (χ4n) is 3.53. The highest BCUT2D eigenvalue weighted by atomic mass is 19.2. The number of likely N-dealkylation sites (tertiary alicyclic amines) is 1. The van der Waals surface area contributed by atoms with E-state index in [1.54, 1.807) is 4.90 Å². The summed E-state index contributed by atoms with van der Waals surface area (Å²) in [4.78, 5) is 30.5. The Morgan fingerprint density at radius 2 is 1.46 bits per heavy atom. The van der Waals surface area contributed by atoms with Gasteiger partial charge in [0, 0.05) is 44.8 Å². The van der Waals surface area contributed by atoms with E-state index in [1.807, 2.05) is 4.90 Å². The lowest BCUT2D eigenvalue weighted by molar-refractivity contribution is -0.132. The molecule has 2 saturated heterocycles. The van der Waals surface area contributed by atoms with Gasteiger partial charge in [-0.2, -0.15) is 0 Å². The third-order valence-corrected chi connectivity index (χ3v) is 5.14. The molecule has 7 heteroatoms. The molecular weight excluding hydrogens is 340 g/mol. The van der Waals surface area contributed by atoms with Crippen molar-refractivity contribution in [2.75, 3.05) is 45.8 Å². The van der Waals surface area contributed by atoms with Gasteiger partial charge in [-0.1, -0.05) is 12.8 Å². The van der Waals surface area contributed by atoms with Crippen LogP contribution < -0.4 is 0 Å². The normalized spacial score (nSPS) is 19.3. The number of amides is 2. The maximum absolute atomic E-state index is 13.3. The van der Waals surface area contributed by atoms with Gasteiger partial charge in [0.25, 0.3) is 5.91 Å². The minimum absolute atomic E-state index is 0.151. The van der Waals surface area contributed by atoms with Gasteiger partial charge in [0.15, 0.2) is 11.6 Å². The van der Waals surface area contributed by atoms with Crippen molar-refractivity contribution in [1.29, 1.82) is 0 Å². The molecule has 142 valence electrons. The largest absolute Gasteiger partial charge is 0.342 e. The lowest BCUT2D eigenvalue weighted by Gasteiger charge is -2.35. The van der Waals surface area contributed by atoms with Gasteiger partial charge in [0.05, 0.1) is 6.54 Å². The van der Waals surface area contributed by atoms with E-state index in [-0.39, 0.29) is 17.4 Å². The van der Waals surface area contributed by atoms with E-state index in [4.69, 9.17) is 0 Å². The SMILES string of the molecule is O=C(CN1CCN(C(=O)c2ccc(F)c(F)c2)CC1)N1CCCCCC1. The van der Waals surface area contributed by atoms with Crippen LogP contribution in [0.5, 0.6) is 0 Å². The summed E-state index contributed by atoms with van der Waals surface area (Å²) in [6.45, 7) is 4.23. The summed E-state index contributed by atoms with van der Waals surface area (Å²) in [6, 6.07) is 3.21. The molecular formula is C19H25F2N3O2. The van der Waals surface area contributed by atoms with Crippen molar-refractivity contribution >= 4 is 11.8 Å². The average molecular weight is 365 g/mol. The molecule has 1 aromatic rings. The summed E-state index contributed by atoms with van der Waals surface area (Å²) in [5.41, 5.74) is 0.151. The number of carbonyl (C=O) groups is 2. The average Bonchev–Trinajstić information content (AvgIpc) is 2.93. The Morgan fingerprint density at radius 1 is 0.808 bits per heavy atom. The number of halogens is 2. The Balaban J connectivity index is 1.49. The van der Waals surface area contributed by atoms with E-state index >= 15 is 0 Å². The van der Waals surface area contributed by atoms with Crippen LogP contribution in [0.4, 0.5) is 8.78 Å². The highest BCUT2D eigenvalue weighted by molar-refractivity contribution is 5.94. The topological polar surface area (TPSA) is 43.9 Å². The number of hydrogen-bond donors (Lipinski definition) is 0. The maximum Gasteiger partial charge on any atom is 0.254 e. The minimum atomic E-state index is -1.02. The van der Waals surface area contributed by atoms with Crippen molar-refractivity contribution in [3.63, 3.8) is 0 Å². The first kappa shape index (κ1) is 18.8. The summed E-state index contributed by atoms with van der Waals surface area (Å²) in [5.74, 6) is -2.12. The van der Waals surface area contributed by atoms with Gasteiger partial charge in [-0.25, -0.2) is 8.78 Å². The number of benzene rings is 1. The summed E-state index contributed by atoms with van der Waals surface area (Å²) >= 11 is 0. The molecule has 3 rings (SSSR count). The highest BCUT2D eigenvalue weighted by Crippen LogP contribution is 2.14. The number of rotatable bonds is 3. The van der Waals surface area contributed by atoms with Gasteiger partial charge in [-0.15, -0.1) is 0 Å². The fraction of sp³-hybridized carbons (Fsp3) is 0.579. The molecule has 2 aliphatic heterocycles. The first-order chi connectivity index (χ1) is 12.5. The zero-order valence-corrected chi connectivity index (χ0v) is 14.9. The number of piperazine rings is 1. The molecule has 2 heterocycles. The van der Waals surface area contributed by atoms with Gasteiger partial charge in [-0.3, -0.25) is 14.5 Å². The van der Waals surface area contributed by atoms with Gasteiger partial charge >= 0.3 is 0 Å². The molecule has 26 heavy (non-hydrogen) atoms. The zero-order chi connectivity index (χ0) is 18.5. The predicted molar refractivity (Wildman–Crippen MR) is 93.7 cm³/mol. The van der Waals surface area contributed by atoms with Gasteiger partial charge < -0.3 is 9.80 Å². The Kier molecular flexibility index (Phi) is 6.19. The van der Waals surface area contributed by atoms with Crippen molar-refractivity contribution in [3.05, 3.63) is 35.4 Å². The van der Waals surface area contributed by atoms with E-state index in [1.165, 1.54) is 18.9 Å². The Labute approximate surface area is 152 Å². The molecule has 0 N–H and O–H groups in total. The van der Waals surface area contributed by atoms with Crippen LogP contribution >= 0.6 is 0 Å². The maximum atomic E-state index is 13.3. The lowest BCUT2D eigenvalue weighted by Crippen LogP contribution is -2.51.